The van der Waals surface area contributed by atoms with Crippen LogP contribution in [0.25, 0.3) is 33.1 Å². The third kappa shape index (κ3) is 14.5. The second kappa shape index (κ2) is 23.0. The molecule has 47 heavy (non-hydrogen) atoms. The van der Waals surface area contributed by atoms with Gasteiger partial charge in [0.05, 0.1) is 35.2 Å². The van der Waals surface area contributed by atoms with Gasteiger partial charge in [0.2, 0.25) is 0 Å². The predicted molar refractivity (Wildman–Crippen MR) is 199 cm³/mol. The quantitative estimate of drug-likeness (QED) is 0.128. The van der Waals surface area contributed by atoms with E-state index in [0.717, 1.165) is 22.8 Å². The van der Waals surface area contributed by atoms with E-state index in [2.05, 4.69) is 92.9 Å². The average Bonchev–Trinajstić information content (AvgIpc) is 3.13. The minimum Gasteiger partial charge on any atom is -0.753 e. The van der Waals surface area contributed by atoms with Gasteiger partial charge in [0, 0.05) is 12.4 Å². The van der Waals surface area contributed by atoms with E-state index in [-0.39, 0.29) is 16.8 Å². The molecule has 2 aromatic heterocycles. The number of nitrogens with zero attached hydrogens (tertiary/aromatic N) is 6. The summed E-state index contributed by atoms with van der Waals surface area (Å²) in [6, 6.07) is 48.6. The summed E-state index contributed by atoms with van der Waals surface area (Å²) in [4.78, 5) is 17.3. The van der Waals surface area contributed by atoms with Gasteiger partial charge in [-0.3, -0.25) is 20.0 Å². The minimum atomic E-state index is 0. The average molecular weight is 692 g/mol. The van der Waals surface area contributed by atoms with Crippen molar-refractivity contribution in [1.82, 2.24) is 9.97 Å². The fourth-order valence-electron chi connectivity index (χ4n) is 3.93. The van der Waals surface area contributed by atoms with Crippen molar-refractivity contribution in [2.45, 2.75) is 0 Å². The Morgan fingerprint density at radius 3 is 1.04 bits per heavy atom. The van der Waals surface area contributed by atoms with Crippen LogP contribution >= 0.6 is 24.4 Å². The van der Waals surface area contributed by atoms with Crippen LogP contribution in [0.2, 0.25) is 0 Å². The van der Waals surface area contributed by atoms with E-state index in [1.165, 1.54) is 32.6 Å². The first-order valence-electron chi connectivity index (χ1n) is 13.9. The fourth-order valence-corrected chi connectivity index (χ4v) is 3.93. The van der Waals surface area contributed by atoms with Gasteiger partial charge in [0.25, 0.3) is 0 Å². The van der Waals surface area contributed by atoms with Crippen LogP contribution in [0.4, 0.5) is 11.4 Å². The number of isothiocyanates is 2. The van der Waals surface area contributed by atoms with E-state index in [1.807, 2.05) is 97.1 Å². The third-order valence-electron chi connectivity index (χ3n) is 6.02. The van der Waals surface area contributed by atoms with Crippen LogP contribution < -0.4 is 0 Å². The SMILES string of the molecule is C(=Nc1ccc(-c2ccccc2)cc1)c1ccccn1.C(=Nc1ccc(-c2ccccc2)cc1)c1ccccn1.[Co+2].[N-]=C=S.[N-]=C=S. The summed E-state index contributed by atoms with van der Waals surface area (Å²) in [5.74, 6) is 0. The molecule has 0 fully saturated rings. The van der Waals surface area contributed by atoms with Gasteiger partial charge in [-0.2, -0.15) is 10.3 Å². The Bertz CT molecular complexity index is 1700. The molecular weight excluding hydrogens is 664 g/mol. The molecule has 0 saturated carbocycles. The van der Waals surface area contributed by atoms with Crippen molar-refractivity contribution in [1.29, 1.82) is 0 Å². The van der Waals surface area contributed by atoms with Crippen molar-refractivity contribution in [3.8, 4) is 22.3 Å². The van der Waals surface area contributed by atoms with Gasteiger partial charge >= 0.3 is 16.8 Å². The number of hydrogen-bond acceptors (Lipinski definition) is 6. The van der Waals surface area contributed by atoms with E-state index in [0.29, 0.717) is 0 Å². The van der Waals surface area contributed by atoms with Gasteiger partial charge in [-0.15, -0.1) is 0 Å². The second-order valence-corrected chi connectivity index (χ2v) is 9.40. The van der Waals surface area contributed by atoms with Crippen molar-refractivity contribution in [3.63, 3.8) is 0 Å². The molecule has 0 aliphatic heterocycles. The molecule has 0 amide bonds. The molecule has 231 valence electrons. The Balaban J connectivity index is 0.000000275. The topological polar surface area (TPSA) is 95.1 Å². The molecule has 0 N–H and O–H groups in total. The largest absolute Gasteiger partial charge is 2.00 e. The molecule has 4 aromatic carbocycles. The molecule has 6 nitrogen and oxygen atoms in total. The van der Waals surface area contributed by atoms with Gasteiger partial charge < -0.3 is 10.8 Å². The van der Waals surface area contributed by atoms with Crippen molar-refractivity contribution in [2.75, 3.05) is 0 Å². The maximum Gasteiger partial charge on any atom is 2.00 e. The molecule has 0 bridgehead atoms. The molecule has 0 aliphatic carbocycles. The Morgan fingerprint density at radius 1 is 0.447 bits per heavy atom. The molecule has 9 heteroatoms. The van der Waals surface area contributed by atoms with Crippen LogP contribution in [-0.4, -0.2) is 32.7 Å². The molecule has 2 heterocycles. The summed E-state index contributed by atoms with van der Waals surface area (Å²) in [6.45, 7) is 0. The molecule has 0 atom stereocenters. The summed E-state index contributed by atoms with van der Waals surface area (Å²) in [5, 5.41) is 16.9. The fraction of sp³-hybridized carbons (Fsp3) is 0. The molecule has 0 saturated heterocycles. The Labute approximate surface area is 296 Å². The van der Waals surface area contributed by atoms with Crippen LogP contribution in [0.3, 0.4) is 0 Å². The molecule has 6 rings (SSSR count). The maximum atomic E-state index is 7.13. The number of aliphatic imine (C=N–C) groups is 2. The smallest absolute Gasteiger partial charge is 0.753 e. The van der Waals surface area contributed by atoms with E-state index >= 15 is 0 Å². The van der Waals surface area contributed by atoms with E-state index in [4.69, 9.17) is 10.8 Å². The van der Waals surface area contributed by atoms with Crippen LogP contribution in [0.15, 0.2) is 168 Å². The summed E-state index contributed by atoms with van der Waals surface area (Å²) in [7, 11) is 0. The van der Waals surface area contributed by atoms with Crippen molar-refractivity contribution in [3.05, 3.63) is 180 Å². The van der Waals surface area contributed by atoms with Crippen molar-refractivity contribution in [2.24, 2.45) is 9.98 Å². The number of benzene rings is 4. The molecule has 1 radical (unpaired) electrons. The Morgan fingerprint density at radius 2 is 0.745 bits per heavy atom. The first kappa shape index (κ1) is 37.8. The zero-order chi connectivity index (χ0) is 32.7. The van der Waals surface area contributed by atoms with Crippen LogP contribution in [0, 0.1) is 0 Å². The standard InChI is InChI=1S/2C18H14N2.2CNS.Co/c2*1-2-6-15(7-3-1)16-9-11-17(12-10-16)20-14-18-8-4-5-13-19-18;2*2-1-3;/h2*1-14H;;;/q;;2*-1;+2. The van der Waals surface area contributed by atoms with Gasteiger partial charge in [0.1, 0.15) is 0 Å². The normalized spacial score (nSPS) is 9.53. The van der Waals surface area contributed by atoms with Gasteiger partial charge in [0.15, 0.2) is 0 Å². The first-order chi connectivity index (χ1) is 22.7. The zero-order valence-electron chi connectivity index (χ0n) is 25.0. The summed E-state index contributed by atoms with van der Waals surface area (Å²) < 4.78 is 0. The number of hydrogen-bond donors (Lipinski definition) is 0. The monoisotopic (exact) mass is 691 g/mol. The summed E-state index contributed by atoms with van der Waals surface area (Å²) >= 11 is 7.40. The Hall–Kier alpha value is -5.37. The predicted octanol–water partition coefficient (Wildman–Crippen LogP) is 10.3. The molecule has 6 aromatic rings. The zero-order valence-corrected chi connectivity index (χ0v) is 27.7. The van der Waals surface area contributed by atoms with Crippen molar-refractivity contribution < 1.29 is 16.8 Å². The van der Waals surface area contributed by atoms with Gasteiger partial charge in [-0.25, -0.2) is 0 Å². The molecular formula is C38H28CoN6S2. The van der Waals surface area contributed by atoms with E-state index < -0.39 is 0 Å². The van der Waals surface area contributed by atoms with E-state index in [9.17, 15) is 0 Å². The minimum absolute atomic E-state index is 0. The number of aromatic nitrogens is 2. The second-order valence-electron chi connectivity index (χ2n) is 9.03. The summed E-state index contributed by atoms with van der Waals surface area (Å²) in [6.07, 6.45) is 7.08. The molecule has 0 unspecified atom stereocenters. The van der Waals surface area contributed by atoms with Crippen LogP contribution in [0.1, 0.15) is 11.4 Å². The molecule has 0 aliphatic rings. The van der Waals surface area contributed by atoms with Crippen molar-refractivity contribution >= 4 is 58.6 Å². The first-order valence-corrected chi connectivity index (χ1v) is 14.7. The Kier molecular flexibility index (Phi) is 18.5. The van der Waals surface area contributed by atoms with Gasteiger partial charge in [-0.05, 0) is 70.8 Å². The number of pyridine rings is 2. The van der Waals surface area contributed by atoms with Crippen LogP contribution in [-0.2, 0) is 16.8 Å². The third-order valence-corrected chi connectivity index (χ3v) is 6.02. The maximum absolute atomic E-state index is 7.13. The van der Waals surface area contributed by atoms with Gasteiger partial charge in [-0.1, -0.05) is 121 Å². The van der Waals surface area contributed by atoms with Crippen LogP contribution in [0.5, 0.6) is 0 Å². The number of rotatable bonds is 6. The summed E-state index contributed by atoms with van der Waals surface area (Å²) in [5.41, 5.74) is 8.40. The van der Waals surface area contributed by atoms with E-state index in [1.54, 1.807) is 24.8 Å². The number of thiocarbonyl (C=S) groups is 2. The molecule has 0 spiro atoms.